The lowest BCUT2D eigenvalue weighted by Crippen LogP contribution is -2.26. The van der Waals surface area contributed by atoms with Crippen LogP contribution in [0, 0.1) is 6.92 Å². The van der Waals surface area contributed by atoms with Gasteiger partial charge in [-0.25, -0.2) is 13.1 Å². The number of hydrogen-bond donors (Lipinski definition) is 1. The number of nitrogens with one attached hydrogen (secondary N) is 1. The molecule has 4 nitrogen and oxygen atoms in total. The summed E-state index contributed by atoms with van der Waals surface area (Å²) in [6, 6.07) is 15.4. The van der Waals surface area contributed by atoms with Crippen LogP contribution < -0.4 is 9.62 Å². The maximum atomic E-state index is 12.2. The predicted octanol–water partition coefficient (Wildman–Crippen LogP) is 3.12. The Balaban J connectivity index is 1.54. The average molecular weight is 344 g/mol. The number of sulfonamides is 1. The van der Waals surface area contributed by atoms with Crippen molar-refractivity contribution in [2.75, 3.05) is 24.5 Å². The first-order chi connectivity index (χ1) is 11.5. The van der Waals surface area contributed by atoms with Gasteiger partial charge in [0.2, 0.25) is 10.0 Å². The minimum absolute atomic E-state index is 0.317. The third kappa shape index (κ3) is 4.16. The second-order valence-corrected chi connectivity index (χ2v) is 8.09. The molecule has 1 saturated heterocycles. The molecule has 0 unspecified atom stereocenters. The molecular formula is C19H24N2O2S. The zero-order valence-corrected chi connectivity index (χ0v) is 14.8. The summed E-state index contributed by atoms with van der Waals surface area (Å²) in [5.41, 5.74) is 3.45. The molecule has 2 aromatic carbocycles. The van der Waals surface area contributed by atoms with Gasteiger partial charge in [-0.15, -0.1) is 0 Å². The molecule has 0 radical (unpaired) electrons. The minimum atomic E-state index is -3.43. The lowest BCUT2D eigenvalue weighted by Gasteiger charge is -2.17. The highest BCUT2D eigenvalue weighted by Crippen LogP contribution is 2.20. The van der Waals surface area contributed by atoms with Crippen LogP contribution in [0.2, 0.25) is 0 Å². The summed E-state index contributed by atoms with van der Waals surface area (Å²) in [5, 5.41) is 0. The topological polar surface area (TPSA) is 49.4 Å². The van der Waals surface area contributed by atoms with Gasteiger partial charge in [-0.1, -0.05) is 29.8 Å². The van der Waals surface area contributed by atoms with Crippen molar-refractivity contribution in [2.45, 2.75) is 31.1 Å². The second-order valence-electron chi connectivity index (χ2n) is 6.32. The number of rotatable bonds is 6. The average Bonchev–Trinajstić information content (AvgIpc) is 3.10. The third-order valence-electron chi connectivity index (χ3n) is 4.44. The number of aryl methyl sites for hydroxylation is 1. The van der Waals surface area contributed by atoms with Gasteiger partial charge in [0.1, 0.15) is 0 Å². The van der Waals surface area contributed by atoms with Crippen LogP contribution in [0.1, 0.15) is 24.0 Å². The summed E-state index contributed by atoms with van der Waals surface area (Å²) in [4.78, 5) is 2.71. The minimum Gasteiger partial charge on any atom is -0.372 e. The number of nitrogens with zero attached hydrogens (tertiary/aromatic N) is 1. The van der Waals surface area contributed by atoms with Crippen molar-refractivity contribution in [3.63, 3.8) is 0 Å². The Morgan fingerprint density at radius 1 is 0.958 bits per heavy atom. The van der Waals surface area contributed by atoms with Gasteiger partial charge in [0.05, 0.1) is 4.90 Å². The molecule has 0 aromatic heterocycles. The Bertz CT molecular complexity index is 762. The molecule has 1 fully saturated rings. The van der Waals surface area contributed by atoms with Crippen LogP contribution in [0.25, 0.3) is 0 Å². The summed E-state index contributed by atoms with van der Waals surface area (Å²) in [6.07, 6.45) is 3.22. The monoisotopic (exact) mass is 344 g/mol. The molecule has 0 bridgehead atoms. The Labute approximate surface area is 144 Å². The van der Waals surface area contributed by atoms with Gasteiger partial charge in [0.15, 0.2) is 0 Å². The predicted molar refractivity (Wildman–Crippen MR) is 98.0 cm³/mol. The SMILES string of the molecule is Cc1ccc(S(=O)(=O)NCCc2ccc(N3CCCC3)cc2)cc1. The van der Waals surface area contributed by atoms with Crippen LogP contribution in [0.15, 0.2) is 53.4 Å². The van der Waals surface area contributed by atoms with Crippen molar-refractivity contribution in [3.8, 4) is 0 Å². The molecule has 0 spiro atoms. The molecule has 1 heterocycles. The Kier molecular flexibility index (Phi) is 5.21. The van der Waals surface area contributed by atoms with Gasteiger partial charge >= 0.3 is 0 Å². The molecule has 0 aliphatic carbocycles. The van der Waals surface area contributed by atoms with Gasteiger partial charge in [-0.05, 0) is 56.0 Å². The van der Waals surface area contributed by atoms with E-state index in [1.807, 2.05) is 19.1 Å². The summed E-state index contributed by atoms with van der Waals surface area (Å²) in [7, 11) is -3.43. The highest BCUT2D eigenvalue weighted by Gasteiger charge is 2.13. The molecule has 0 amide bonds. The Morgan fingerprint density at radius 2 is 1.58 bits per heavy atom. The van der Waals surface area contributed by atoms with Crippen molar-refractivity contribution in [2.24, 2.45) is 0 Å². The molecule has 0 saturated carbocycles. The molecule has 24 heavy (non-hydrogen) atoms. The first kappa shape index (κ1) is 17.0. The molecule has 128 valence electrons. The smallest absolute Gasteiger partial charge is 0.240 e. The maximum absolute atomic E-state index is 12.2. The summed E-state index contributed by atoms with van der Waals surface area (Å²) in [5.74, 6) is 0. The standard InChI is InChI=1S/C19H24N2O2S/c1-16-4-10-19(11-5-16)24(22,23)20-13-12-17-6-8-18(9-7-17)21-14-2-3-15-21/h4-11,20H,2-3,12-15H2,1H3. The largest absolute Gasteiger partial charge is 0.372 e. The van der Waals surface area contributed by atoms with E-state index in [0.29, 0.717) is 17.9 Å². The maximum Gasteiger partial charge on any atom is 0.240 e. The van der Waals surface area contributed by atoms with Gasteiger partial charge in [0.25, 0.3) is 0 Å². The lowest BCUT2D eigenvalue weighted by atomic mass is 10.1. The molecule has 5 heteroatoms. The van der Waals surface area contributed by atoms with Gasteiger partial charge in [0, 0.05) is 25.3 Å². The van der Waals surface area contributed by atoms with Crippen molar-refractivity contribution in [1.29, 1.82) is 0 Å². The summed E-state index contributed by atoms with van der Waals surface area (Å²) < 4.78 is 27.2. The third-order valence-corrected chi connectivity index (χ3v) is 5.92. The van der Waals surface area contributed by atoms with Crippen molar-refractivity contribution < 1.29 is 8.42 Å². The van der Waals surface area contributed by atoms with E-state index >= 15 is 0 Å². The normalized spacial score (nSPS) is 15.0. The molecule has 2 aromatic rings. The van der Waals surface area contributed by atoms with E-state index in [1.165, 1.54) is 18.5 Å². The molecule has 1 aliphatic rings. The number of benzene rings is 2. The first-order valence-electron chi connectivity index (χ1n) is 8.45. The molecule has 0 atom stereocenters. The van der Waals surface area contributed by atoms with Gasteiger partial charge in [-0.2, -0.15) is 0 Å². The van der Waals surface area contributed by atoms with E-state index in [4.69, 9.17) is 0 Å². The zero-order valence-electron chi connectivity index (χ0n) is 14.0. The fourth-order valence-corrected chi connectivity index (χ4v) is 4.01. The highest BCUT2D eigenvalue weighted by molar-refractivity contribution is 7.89. The lowest BCUT2D eigenvalue weighted by molar-refractivity contribution is 0.581. The van der Waals surface area contributed by atoms with E-state index < -0.39 is 10.0 Å². The Hall–Kier alpha value is -1.85. The van der Waals surface area contributed by atoms with E-state index in [9.17, 15) is 8.42 Å². The van der Waals surface area contributed by atoms with Crippen LogP contribution in [-0.4, -0.2) is 28.1 Å². The van der Waals surface area contributed by atoms with E-state index in [2.05, 4.69) is 33.9 Å². The fourth-order valence-electron chi connectivity index (χ4n) is 2.98. The first-order valence-corrected chi connectivity index (χ1v) is 9.93. The van der Waals surface area contributed by atoms with Crippen LogP contribution in [0.5, 0.6) is 0 Å². The summed E-state index contributed by atoms with van der Waals surface area (Å²) >= 11 is 0. The number of hydrogen-bond acceptors (Lipinski definition) is 3. The van der Waals surface area contributed by atoms with E-state index in [-0.39, 0.29) is 0 Å². The highest BCUT2D eigenvalue weighted by atomic mass is 32.2. The number of anilines is 1. The van der Waals surface area contributed by atoms with Crippen molar-refractivity contribution in [3.05, 3.63) is 59.7 Å². The van der Waals surface area contributed by atoms with Crippen LogP contribution >= 0.6 is 0 Å². The molecule has 3 rings (SSSR count). The van der Waals surface area contributed by atoms with Crippen LogP contribution in [-0.2, 0) is 16.4 Å². The van der Waals surface area contributed by atoms with Crippen molar-refractivity contribution in [1.82, 2.24) is 4.72 Å². The van der Waals surface area contributed by atoms with Crippen molar-refractivity contribution >= 4 is 15.7 Å². The van der Waals surface area contributed by atoms with E-state index in [1.54, 1.807) is 12.1 Å². The molecular weight excluding hydrogens is 320 g/mol. The molecule has 1 aliphatic heterocycles. The van der Waals surface area contributed by atoms with Gasteiger partial charge in [-0.3, -0.25) is 0 Å². The van der Waals surface area contributed by atoms with Gasteiger partial charge < -0.3 is 4.90 Å². The van der Waals surface area contributed by atoms with Crippen LogP contribution in [0.3, 0.4) is 0 Å². The fraction of sp³-hybridized carbons (Fsp3) is 0.368. The Morgan fingerprint density at radius 3 is 2.21 bits per heavy atom. The summed E-state index contributed by atoms with van der Waals surface area (Å²) in [6.45, 7) is 4.61. The zero-order chi connectivity index (χ0) is 17.0. The van der Waals surface area contributed by atoms with Crippen LogP contribution in [0.4, 0.5) is 5.69 Å². The molecule has 1 N–H and O–H groups in total. The quantitative estimate of drug-likeness (QED) is 0.876. The second kappa shape index (κ2) is 7.36. The van der Waals surface area contributed by atoms with E-state index in [0.717, 1.165) is 24.2 Å².